The van der Waals surface area contributed by atoms with Crippen molar-refractivity contribution in [1.82, 2.24) is 10.3 Å². The minimum atomic E-state index is -1.14. The Bertz CT molecular complexity index is 175. The van der Waals surface area contributed by atoms with Crippen LogP contribution in [0.2, 0.25) is 0 Å². The second-order valence-corrected chi connectivity index (χ2v) is 2.25. The summed E-state index contributed by atoms with van der Waals surface area (Å²) < 4.78 is 0. The molecule has 0 atom stereocenters. The maximum Gasteiger partial charge on any atom is 0.425 e. The molecule has 0 rings (SSSR count). The van der Waals surface area contributed by atoms with E-state index >= 15 is 0 Å². The summed E-state index contributed by atoms with van der Waals surface area (Å²) in [5.41, 5.74) is 1.96. The standard InChI is InChI=1S/C7H15N3O2/c1-4-10(5-2)6(3)8-9-7(11)12/h9H,4-5H2,1-3H3,(H,11,12). The van der Waals surface area contributed by atoms with Crippen LogP contribution in [-0.2, 0) is 0 Å². The number of nitrogens with one attached hydrogen (secondary N) is 1. The first-order valence-electron chi connectivity index (χ1n) is 3.90. The van der Waals surface area contributed by atoms with Gasteiger partial charge in [0.15, 0.2) is 0 Å². The molecule has 0 aromatic heterocycles. The summed E-state index contributed by atoms with van der Waals surface area (Å²) in [6.45, 7) is 7.40. The van der Waals surface area contributed by atoms with Crippen molar-refractivity contribution in [3.8, 4) is 0 Å². The predicted octanol–water partition coefficient (Wildman–Crippen LogP) is 0.929. The number of hydrazone groups is 1. The van der Waals surface area contributed by atoms with E-state index in [9.17, 15) is 4.79 Å². The number of amides is 1. The largest absolute Gasteiger partial charge is 0.464 e. The maximum absolute atomic E-state index is 10.1. The first-order valence-corrected chi connectivity index (χ1v) is 3.90. The minimum absolute atomic E-state index is 0.683. The second-order valence-electron chi connectivity index (χ2n) is 2.25. The Kier molecular flexibility index (Phi) is 4.83. The van der Waals surface area contributed by atoms with Gasteiger partial charge < -0.3 is 10.0 Å². The van der Waals surface area contributed by atoms with Crippen LogP contribution in [0.5, 0.6) is 0 Å². The molecule has 0 saturated heterocycles. The fourth-order valence-electron chi connectivity index (χ4n) is 0.881. The van der Waals surface area contributed by atoms with E-state index in [-0.39, 0.29) is 0 Å². The number of hydrogen-bond donors (Lipinski definition) is 2. The smallest absolute Gasteiger partial charge is 0.425 e. The van der Waals surface area contributed by atoms with E-state index < -0.39 is 6.09 Å². The van der Waals surface area contributed by atoms with Gasteiger partial charge in [-0.15, -0.1) is 0 Å². The summed E-state index contributed by atoms with van der Waals surface area (Å²) in [6.07, 6.45) is -1.14. The van der Waals surface area contributed by atoms with Gasteiger partial charge in [0.1, 0.15) is 5.84 Å². The molecular weight excluding hydrogens is 158 g/mol. The Labute approximate surface area is 72.1 Å². The molecule has 0 radical (unpaired) electrons. The van der Waals surface area contributed by atoms with E-state index in [1.165, 1.54) is 0 Å². The molecule has 0 aliphatic heterocycles. The third-order valence-electron chi connectivity index (χ3n) is 1.53. The van der Waals surface area contributed by atoms with Crippen molar-refractivity contribution in [3.63, 3.8) is 0 Å². The van der Waals surface area contributed by atoms with Crippen molar-refractivity contribution in [2.75, 3.05) is 13.1 Å². The third-order valence-corrected chi connectivity index (χ3v) is 1.53. The number of rotatable bonds is 3. The molecule has 0 bridgehead atoms. The average Bonchev–Trinajstić information content (AvgIpc) is 2.03. The Morgan fingerprint density at radius 1 is 1.50 bits per heavy atom. The van der Waals surface area contributed by atoms with Crippen LogP contribution in [0.25, 0.3) is 0 Å². The quantitative estimate of drug-likeness (QED) is 0.379. The van der Waals surface area contributed by atoms with Crippen LogP contribution >= 0.6 is 0 Å². The zero-order valence-electron chi connectivity index (χ0n) is 7.66. The monoisotopic (exact) mass is 173 g/mol. The first-order chi connectivity index (χ1) is 5.61. The van der Waals surface area contributed by atoms with Crippen molar-refractivity contribution < 1.29 is 9.90 Å². The average molecular weight is 173 g/mol. The van der Waals surface area contributed by atoms with Crippen LogP contribution in [-0.4, -0.2) is 35.0 Å². The Balaban J connectivity index is 4.04. The number of hydrogen-bond acceptors (Lipinski definition) is 2. The summed E-state index contributed by atoms with van der Waals surface area (Å²) in [5.74, 6) is 0.683. The van der Waals surface area contributed by atoms with Crippen LogP contribution in [0.3, 0.4) is 0 Å². The fourth-order valence-corrected chi connectivity index (χ4v) is 0.881. The van der Waals surface area contributed by atoms with Crippen molar-refractivity contribution in [2.45, 2.75) is 20.8 Å². The van der Waals surface area contributed by atoms with Crippen molar-refractivity contribution in [1.29, 1.82) is 0 Å². The van der Waals surface area contributed by atoms with Gasteiger partial charge in [-0.05, 0) is 20.8 Å². The molecule has 0 aliphatic carbocycles. The zero-order chi connectivity index (χ0) is 9.56. The minimum Gasteiger partial charge on any atom is -0.464 e. The summed E-state index contributed by atoms with van der Waals surface area (Å²) >= 11 is 0. The Hall–Kier alpha value is -1.26. The molecule has 2 N–H and O–H groups in total. The lowest BCUT2D eigenvalue weighted by molar-refractivity contribution is 0.194. The number of nitrogens with zero attached hydrogens (tertiary/aromatic N) is 2. The molecule has 0 fully saturated rings. The lowest BCUT2D eigenvalue weighted by atomic mass is 10.5. The van der Waals surface area contributed by atoms with E-state index in [0.29, 0.717) is 5.84 Å². The van der Waals surface area contributed by atoms with Crippen LogP contribution in [0.1, 0.15) is 20.8 Å². The van der Waals surface area contributed by atoms with Crippen LogP contribution < -0.4 is 5.43 Å². The highest BCUT2D eigenvalue weighted by Crippen LogP contribution is 1.89. The van der Waals surface area contributed by atoms with Crippen molar-refractivity contribution >= 4 is 11.9 Å². The van der Waals surface area contributed by atoms with E-state index in [2.05, 4.69) is 5.10 Å². The highest BCUT2D eigenvalue weighted by Gasteiger charge is 2.00. The zero-order valence-corrected chi connectivity index (χ0v) is 7.66. The topological polar surface area (TPSA) is 64.9 Å². The van der Waals surface area contributed by atoms with Gasteiger partial charge in [-0.3, -0.25) is 0 Å². The molecule has 5 nitrogen and oxygen atoms in total. The normalized spacial score (nSPS) is 11.1. The number of carbonyl (C=O) groups is 1. The van der Waals surface area contributed by atoms with Gasteiger partial charge in [-0.25, -0.2) is 10.2 Å². The van der Waals surface area contributed by atoms with Crippen LogP contribution in [0, 0.1) is 0 Å². The Morgan fingerprint density at radius 3 is 2.33 bits per heavy atom. The van der Waals surface area contributed by atoms with Gasteiger partial charge in [-0.1, -0.05) is 0 Å². The van der Waals surface area contributed by atoms with Gasteiger partial charge in [0.2, 0.25) is 0 Å². The summed E-state index contributed by atoms with van der Waals surface area (Å²) in [6, 6.07) is 0. The highest BCUT2D eigenvalue weighted by molar-refractivity contribution is 5.80. The highest BCUT2D eigenvalue weighted by atomic mass is 16.4. The Morgan fingerprint density at radius 2 is 2.00 bits per heavy atom. The van der Waals surface area contributed by atoms with E-state index in [1.54, 1.807) is 6.92 Å². The molecule has 0 saturated carbocycles. The lowest BCUT2D eigenvalue weighted by Gasteiger charge is -2.19. The maximum atomic E-state index is 10.1. The van der Waals surface area contributed by atoms with Crippen molar-refractivity contribution in [2.24, 2.45) is 5.10 Å². The van der Waals surface area contributed by atoms with Gasteiger partial charge in [0, 0.05) is 13.1 Å². The third kappa shape index (κ3) is 3.80. The van der Waals surface area contributed by atoms with E-state index in [1.807, 2.05) is 24.2 Å². The van der Waals surface area contributed by atoms with Gasteiger partial charge >= 0.3 is 6.09 Å². The number of carboxylic acid groups (broad SMARTS) is 1. The summed E-state index contributed by atoms with van der Waals surface area (Å²) in [4.78, 5) is 12.0. The molecule has 0 aromatic rings. The lowest BCUT2D eigenvalue weighted by Crippen LogP contribution is -2.30. The molecule has 12 heavy (non-hydrogen) atoms. The molecular formula is C7H15N3O2. The molecule has 0 aliphatic rings. The molecule has 70 valence electrons. The molecule has 0 aromatic carbocycles. The van der Waals surface area contributed by atoms with Gasteiger partial charge in [-0.2, -0.15) is 5.10 Å². The van der Waals surface area contributed by atoms with Crippen molar-refractivity contribution in [3.05, 3.63) is 0 Å². The number of amidine groups is 1. The first kappa shape index (κ1) is 10.7. The predicted molar refractivity (Wildman–Crippen MR) is 47.2 cm³/mol. The molecule has 0 spiro atoms. The van der Waals surface area contributed by atoms with Gasteiger partial charge in [0.25, 0.3) is 0 Å². The van der Waals surface area contributed by atoms with Crippen LogP contribution in [0.15, 0.2) is 5.10 Å². The summed E-state index contributed by atoms with van der Waals surface area (Å²) in [5, 5.41) is 11.9. The molecule has 5 heteroatoms. The van der Waals surface area contributed by atoms with Gasteiger partial charge in [0.05, 0.1) is 0 Å². The fraction of sp³-hybridized carbons (Fsp3) is 0.714. The van der Waals surface area contributed by atoms with E-state index in [4.69, 9.17) is 5.11 Å². The van der Waals surface area contributed by atoms with Crippen LogP contribution in [0.4, 0.5) is 4.79 Å². The molecule has 0 unspecified atom stereocenters. The second kappa shape index (κ2) is 5.40. The molecule has 0 heterocycles. The SMILES string of the molecule is CCN(CC)C(C)=NNC(=O)O. The van der Waals surface area contributed by atoms with E-state index in [0.717, 1.165) is 13.1 Å². The molecule has 1 amide bonds. The summed E-state index contributed by atoms with van der Waals surface area (Å²) in [7, 11) is 0.